The summed E-state index contributed by atoms with van der Waals surface area (Å²) in [5, 5.41) is 2.84. The predicted molar refractivity (Wildman–Crippen MR) is 88.0 cm³/mol. The van der Waals surface area contributed by atoms with Crippen LogP contribution < -0.4 is 10.1 Å². The second kappa shape index (κ2) is 7.64. The van der Waals surface area contributed by atoms with Crippen LogP contribution in [0.25, 0.3) is 6.08 Å². The van der Waals surface area contributed by atoms with Crippen molar-refractivity contribution in [3.63, 3.8) is 0 Å². The molecule has 0 unspecified atom stereocenters. The van der Waals surface area contributed by atoms with Gasteiger partial charge in [0.25, 0.3) is 0 Å². The molecule has 108 valence electrons. The third-order valence-corrected chi connectivity index (χ3v) is 3.53. The van der Waals surface area contributed by atoms with Crippen LogP contribution in [0.5, 0.6) is 5.75 Å². The number of benzene rings is 2. The Hall–Kier alpha value is -2.07. The van der Waals surface area contributed by atoms with Gasteiger partial charge in [-0.05, 0) is 45.3 Å². The number of methoxy groups -OCH3 is 1. The Bertz CT molecular complexity index is 638. The van der Waals surface area contributed by atoms with Crippen LogP contribution in [-0.4, -0.2) is 13.0 Å². The van der Waals surface area contributed by atoms with Crippen molar-refractivity contribution in [1.29, 1.82) is 0 Å². The van der Waals surface area contributed by atoms with E-state index in [9.17, 15) is 4.79 Å². The molecule has 1 N–H and O–H groups in total. The maximum Gasteiger partial charge on any atom is 0.244 e. The van der Waals surface area contributed by atoms with Crippen LogP contribution >= 0.6 is 15.9 Å². The zero-order valence-electron chi connectivity index (χ0n) is 11.7. The highest BCUT2D eigenvalue weighted by Gasteiger charge is 2.00. The monoisotopic (exact) mass is 345 g/mol. The topological polar surface area (TPSA) is 38.3 Å². The fourth-order valence-corrected chi connectivity index (χ4v) is 2.36. The molecule has 2 aromatic carbocycles. The lowest BCUT2D eigenvalue weighted by molar-refractivity contribution is -0.116. The number of ether oxygens (including phenoxy) is 1. The molecule has 0 saturated heterocycles. The molecule has 0 heterocycles. The van der Waals surface area contributed by atoms with Crippen LogP contribution in [0, 0.1) is 0 Å². The van der Waals surface area contributed by atoms with Gasteiger partial charge in [-0.15, -0.1) is 0 Å². The lowest BCUT2D eigenvalue weighted by Gasteiger charge is -2.04. The second-order valence-corrected chi connectivity index (χ2v) is 5.29. The maximum atomic E-state index is 11.8. The Kier molecular flexibility index (Phi) is 5.58. The van der Waals surface area contributed by atoms with Crippen LogP contribution in [0.2, 0.25) is 0 Å². The van der Waals surface area contributed by atoms with Crippen LogP contribution in [-0.2, 0) is 11.3 Å². The molecule has 0 atom stereocenters. The first-order chi connectivity index (χ1) is 10.2. The SMILES string of the molecule is COc1ccc(C=CC(=O)NCc2ccccc2)cc1Br. The summed E-state index contributed by atoms with van der Waals surface area (Å²) in [5.74, 6) is 0.645. The smallest absolute Gasteiger partial charge is 0.244 e. The normalized spacial score (nSPS) is 10.6. The highest BCUT2D eigenvalue weighted by molar-refractivity contribution is 9.10. The molecule has 2 rings (SSSR count). The van der Waals surface area contributed by atoms with Gasteiger partial charge in [0.15, 0.2) is 0 Å². The zero-order chi connectivity index (χ0) is 15.1. The van der Waals surface area contributed by atoms with E-state index in [4.69, 9.17) is 4.74 Å². The molecular weight excluding hydrogens is 330 g/mol. The van der Waals surface area contributed by atoms with Gasteiger partial charge in [-0.1, -0.05) is 36.4 Å². The van der Waals surface area contributed by atoms with Gasteiger partial charge < -0.3 is 10.1 Å². The predicted octanol–water partition coefficient (Wildman–Crippen LogP) is 3.79. The summed E-state index contributed by atoms with van der Waals surface area (Å²) in [6, 6.07) is 15.5. The van der Waals surface area contributed by atoms with Crippen molar-refractivity contribution < 1.29 is 9.53 Å². The molecule has 0 saturated carbocycles. The second-order valence-electron chi connectivity index (χ2n) is 4.43. The average molecular weight is 346 g/mol. The van der Waals surface area contributed by atoms with Crippen molar-refractivity contribution in [2.24, 2.45) is 0 Å². The van der Waals surface area contributed by atoms with E-state index >= 15 is 0 Å². The Balaban J connectivity index is 1.91. The standard InChI is InChI=1S/C17H16BrNO2/c1-21-16-9-7-13(11-15(16)18)8-10-17(20)19-12-14-5-3-2-4-6-14/h2-11H,12H2,1H3,(H,19,20). The summed E-state index contributed by atoms with van der Waals surface area (Å²) < 4.78 is 6.02. The highest BCUT2D eigenvalue weighted by Crippen LogP contribution is 2.25. The van der Waals surface area contributed by atoms with Crippen LogP contribution in [0.15, 0.2) is 59.1 Å². The lowest BCUT2D eigenvalue weighted by Crippen LogP contribution is -2.20. The molecule has 0 aliphatic carbocycles. The Morgan fingerprint density at radius 3 is 2.67 bits per heavy atom. The van der Waals surface area contributed by atoms with Gasteiger partial charge in [0.05, 0.1) is 11.6 Å². The van der Waals surface area contributed by atoms with Gasteiger partial charge in [-0.25, -0.2) is 0 Å². The first-order valence-electron chi connectivity index (χ1n) is 6.52. The van der Waals surface area contributed by atoms with Crippen molar-refractivity contribution in [2.45, 2.75) is 6.54 Å². The van der Waals surface area contributed by atoms with Gasteiger partial charge in [-0.2, -0.15) is 0 Å². The number of rotatable bonds is 5. The molecule has 2 aromatic rings. The summed E-state index contributed by atoms with van der Waals surface area (Å²) >= 11 is 3.42. The van der Waals surface area contributed by atoms with E-state index in [-0.39, 0.29) is 5.91 Å². The van der Waals surface area contributed by atoms with E-state index in [2.05, 4.69) is 21.2 Å². The first kappa shape index (κ1) is 15.3. The highest BCUT2D eigenvalue weighted by atomic mass is 79.9. The quantitative estimate of drug-likeness (QED) is 0.837. The van der Waals surface area contributed by atoms with Gasteiger partial charge in [0, 0.05) is 12.6 Å². The third-order valence-electron chi connectivity index (χ3n) is 2.91. The molecule has 21 heavy (non-hydrogen) atoms. The number of nitrogens with one attached hydrogen (secondary N) is 1. The summed E-state index contributed by atoms with van der Waals surface area (Å²) in [7, 11) is 1.62. The van der Waals surface area contributed by atoms with E-state index in [0.29, 0.717) is 6.54 Å². The van der Waals surface area contributed by atoms with Crippen molar-refractivity contribution in [3.05, 3.63) is 70.2 Å². The zero-order valence-corrected chi connectivity index (χ0v) is 13.3. The molecule has 0 aliphatic heterocycles. The van der Waals surface area contributed by atoms with Crippen LogP contribution in [0.3, 0.4) is 0 Å². The van der Waals surface area contributed by atoms with Crippen molar-refractivity contribution in [1.82, 2.24) is 5.32 Å². The molecule has 0 aliphatic rings. The molecule has 0 bridgehead atoms. The summed E-state index contributed by atoms with van der Waals surface area (Å²) in [6.45, 7) is 0.524. The Morgan fingerprint density at radius 1 is 1.24 bits per heavy atom. The van der Waals surface area contributed by atoms with E-state index in [1.807, 2.05) is 48.5 Å². The minimum Gasteiger partial charge on any atom is -0.496 e. The molecule has 0 aromatic heterocycles. The van der Waals surface area contributed by atoms with E-state index < -0.39 is 0 Å². The largest absolute Gasteiger partial charge is 0.496 e. The summed E-state index contributed by atoms with van der Waals surface area (Å²) in [5.41, 5.74) is 2.00. The van der Waals surface area contributed by atoms with Crippen molar-refractivity contribution in [2.75, 3.05) is 7.11 Å². The van der Waals surface area contributed by atoms with Crippen molar-refractivity contribution in [3.8, 4) is 5.75 Å². The van der Waals surface area contributed by atoms with Gasteiger partial charge in [-0.3, -0.25) is 4.79 Å². The van der Waals surface area contributed by atoms with Crippen molar-refractivity contribution >= 4 is 27.9 Å². The van der Waals surface area contributed by atoms with E-state index in [1.54, 1.807) is 13.2 Å². The fraction of sp³-hybridized carbons (Fsp3) is 0.118. The minimum atomic E-state index is -0.120. The minimum absolute atomic E-state index is 0.120. The third kappa shape index (κ3) is 4.76. The lowest BCUT2D eigenvalue weighted by atomic mass is 10.2. The van der Waals surface area contributed by atoms with E-state index in [0.717, 1.165) is 21.3 Å². The van der Waals surface area contributed by atoms with Crippen LogP contribution in [0.1, 0.15) is 11.1 Å². The number of carbonyl (C=O) groups excluding carboxylic acids is 1. The number of hydrogen-bond acceptors (Lipinski definition) is 2. The Labute approximate surface area is 132 Å². The first-order valence-corrected chi connectivity index (χ1v) is 7.31. The molecule has 0 fully saturated rings. The molecular formula is C17H16BrNO2. The number of amides is 1. The molecule has 3 nitrogen and oxygen atoms in total. The molecule has 4 heteroatoms. The number of hydrogen-bond donors (Lipinski definition) is 1. The number of carbonyl (C=O) groups is 1. The van der Waals surface area contributed by atoms with Gasteiger partial charge in [0.1, 0.15) is 5.75 Å². The van der Waals surface area contributed by atoms with E-state index in [1.165, 1.54) is 6.08 Å². The van der Waals surface area contributed by atoms with Gasteiger partial charge in [0.2, 0.25) is 5.91 Å². The molecule has 1 amide bonds. The summed E-state index contributed by atoms with van der Waals surface area (Å²) in [4.78, 5) is 11.8. The number of halogens is 1. The average Bonchev–Trinajstić information content (AvgIpc) is 2.52. The Morgan fingerprint density at radius 2 is 2.00 bits per heavy atom. The fourth-order valence-electron chi connectivity index (χ4n) is 1.80. The van der Waals surface area contributed by atoms with Gasteiger partial charge >= 0.3 is 0 Å². The molecule has 0 spiro atoms. The summed E-state index contributed by atoms with van der Waals surface area (Å²) in [6.07, 6.45) is 3.29. The van der Waals surface area contributed by atoms with Crippen LogP contribution in [0.4, 0.5) is 0 Å². The molecule has 0 radical (unpaired) electrons. The maximum absolute atomic E-state index is 11.8.